The van der Waals surface area contributed by atoms with Crippen LogP contribution in [0.15, 0.2) is 41.9 Å². The number of hydrogen-bond donors (Lipinski definition) is 3. The smallest absolute Gasteiger partial charge is 0.399 e. The Morgan fingerprint density at radius 2 is 1.95 bits per heavy atom. The fourth-order valence-electron chi connectivity index (χ4n) is 1.51. The molecule has 106 valence electrons. The molecule has 0 saturated carbocycles. The fraction of sp³-hybridized carbons (Fsp3) is 0.0833. The van der Waals surface area contributed by atoms with Crippen molar-refractivity contribution >= 4 is 29.0 Å². The number of hydrogen-bond acceptors (Lipinski definition) is 4. The molecule has 0 radical (unpaired) electrons. The number of alkyl halides is 3. The van der Waals surface area contributed by atoms with E-state index in [1.54, 1.807) is 0 Å². The minimum atomic E-state index is -4.29. The number of nitrogens with zero attached hydrogens (tertiary/aromatic N) is 1. The first kappa shape index (κ1) is 14.3. The van der Waals surface area contributed by atoms with E-state index in [9.17, 15) is 13.2 Å². The van der Waals surface area contributed by atoms with Crippen LogP contribution >= 0.6 is 11.8 Å². The van der Waals surface area contributed by atoms with Crippen LogP contribution in [0.4, 0.5) is 24.7 Å². The lowest BCUT2D eigenvalue weighted by atomic mass is 10.2. The highest BCUT2D eigenvalue weighted by atomic mass is 32.2. The fourth-order valence-corrected chi connectivity index (χ4v) is 2.05. The van der Waals surface area contributed by atoms with Crippen LogP contribution in [0.1, 0.15) is 5.56 Å². The van der Waals surface area contributed by atoms with Crippen LogP contribution in [-0.2, 0) is 0 Å². The number of halogens is 3. The average molecular weight is 300 g/mol. The maximum atomic E-state index is 12.2. The second-order valence-electron chi connectivity index (χ2n) is 3.88. The number of nitrogens with two attached hydrogens (primary N) is 1. The molecule has 20 heavy (non-hydrogen) atoms. The van der Waals surface area contributed by atoms with Crippen LogP contribution in [0.2, 0.25) is 0 Å². The Hall–Kier alpha value is -2.09. The molecule has 1 aromatic heterocycles. The SMILES string of the molecule is C=C(N)c1cn[nH]c1Nc1ccc(SC(F)(F)F)cc1. The number of H-pyrrole nitrogens is 1. The van der Waals surface area contributed by atoms with Crippen molar-refractivity contribution in [3.63, 3.8) is 0 Å². The largest absolute Gasteiger partial charge is 0.446 e. The van der Waals surface area contributed by atoms with E-state index in [0.29, 0.717) is 22.8 Å². The zero-order valence-electron chi connectivity index (χ0n) is 10.2. The highest BCUT2D eigenvalue weighted by Crippen LogP contribution is 2.37. The lowest BCUT2D eigenvalue weighted by Gasteiger charge is -2.08. The van der Waals surface area contributed by atoms with Gasteiger partial charge in [0.05, 0.1) is 11.8 Å². The molecule has 0 saturated heterocycles. The number of aromatic nitrogens is 2. The van der Waals surface area contributed by atoms with Crippen molar-refractivity contribution in [2.45, 2.75) is 10.4 Å². The molecule has 8 heteroatoms. The molecule has 4 N–H and O–H groups in total. The second kappa shape index (κ2) is 5.49. The molecular formula is C12H11F3N4S. The summed E-state index contributed by atoms with van der Waals surface area (Å²) in [5.41, 5.74) is 2.86. The maximum Gasteiger partial charge on any atom is 0.446 e. The molecule has 0 amide bonds. The summed E-state index contributed by atoms with van der Waals surface area (Å²) in [5.74, 6) is 0.536. The summed E-state index contributed by atoms with van der Waals surface area (Å²) in [6, 6.07) is 5.84. The molecule has 1 aromatic carbocycles. The van der Waals surface area contributed by atoms with Crippen LogP contribution in [0.5, 0.6) is 0 Å². The Balaban J connectivity index is 2.11. The molecular weight excluding hydrogens is 289 g/mol. The number of thioether (sulfide) groups is 1. The Morgan fingerprint density at radius 1 is 1.30 bits per heavy atom. The van der Waals surface area contributed by atoms with Gasteiger partial charge in [-0.3, -0.25) is 5.10 Å². The highest BCUT2D eigenvalue weighted by molar-refractivity contribution is 8.00. The summed E-state index contributed by atoms with van der Waals surface area (Å²) in [6.45, 7) is 3.60. The van der Waals surface area contributed by atoms with E-state index in [-0.39, 0.29) is 16.7 Å². The third-order valence-electron chi connectivity index (χ3n) is 2.34. The van der Waals surface area contributed by atoms with Gasteiger partial charge in [-0.1, -0.05) is 6.58 Å². The minimum Gasteiger partial charge on any atom is -0.399 e. The lowest BCUT2D eigenvalue weighted by Crippen LogP contribution is -2.00. The Labute approximate surface area is 117 Å². The van der Waals surface area contributed by atoms with Crippen molar-refractivity contribution in [1.82, 2.24) is 10.2 Å². The number of benzene rings is 1. The molecule has 0 aliphatic heterocycles. The third-order valence-corrected chi connectivity index (χ3v) is 3.08. The van der Waals surface area contributed by atoms with E-state index in [4.69, 9.17) is 5.73 Å². The van der Waals surface area contributed by atoms with E-state index in [1.165, 1.54) is 30.5 Å². The molecule has 0 bridgehead atoms. The van der Waals surface area contributed by atoms with Gasteiger partial charge in [-0.2, -0.15) is 18.3 Å². The van der Waals surface area contributed by atoms with Gasteiger partial charge in [-0.05, 0) is 36.0 Å². The summed E-state index contributed by atoms with van der Waals surface area (Å²) < 4.78 is 36.6. The van der Waals surface area contributed by atoms with Gasteiger partial charge in [0.25, 0.3) is 0 Å². The standard InChI is InChI=1S/C12H11F3N4S/c1-7(16)10-6-17-19-11(10)18-8-2-4-9(5-3-8)20-12(13,14)15/h2-6H,1,16H2,(H2,17,18,19). The number of rotatable bonds is 4. The van der Waals surface area contributed by atoms with Crippen LogP contribution in [0, 0.1) is 0 Å². The number of anilines is 2. The topological polar surface area (TPSA) is 66.7 Å². The normalized spacial score (nSPS) is 11.3. The van der Waals surface area contributed by atoms with Crippen molar-refractivity contribution in [2.75, 3.05) is 5.32 Å². The second-order valence-corrected chi connectivity index (χ2v) is 5.02. The summed E-state index contributed by atoms with van der Waals surface area (Å²) in [5, 5.41) is 9.50. The van der Waals surface area contributed by atoms with Crippen LogP contribution in [0.25, 0.3) is 5.70 Å². The van der Waals surface area contributed by atoms with Gasteiger partial charge < -0.3 is 11.1 Å². The predicted molar refractivity (Wildman–Crippen MR) is 73.4 cm³/mol. The first-order valence-electron chi connectivity index (χ1n) is 5.46. The van der Waals surface area contributed by atoms with Crippen molar-refractivity contribution in [3.8, 4) is 0 Å². The van der Waals surface area contributed by atoms with E-state index in [2.05, 4.69) is 22.1 Å². The van der Waals surface area contributed by atoms with E-state index >= 15 is 0 Å². The lowest BCUT2D eigenvalue weighted by molar-refractivity contribution is -0.0328. The molecule has 0 aliphatic rings. The van der Waals surface area contributed by atoms with E-state index in [0.717, 1.165) is 0 Å². The van der Waals surface area contributed by atoms with Crippen molar-refractivity contribution in [1.29, 1.82) is 0 Å². The van der Waals surface area contributed by atoms with Crippen LogP contribution < -0.4 is 11.1 Å². The molecule has 0 fully saturated rings. The van der Waals surface area contributed by atoms with Gasteiger partial charge in [0.15, 0.2) is 0 Å². The van der Waals surface area contributed by atoms with Crippen LogP contribution in [0.3, 0.4) is 0 Å². The average Bonchev–Trinajstić information content (AvgIpc) is 2.78. The van der Waals surface area contributed by atoms with Gasteiger partial charge in [0.2, 0.25) is 0 Å². The van der Waals surface area contributed by atoms with E-state index in [1.807, 2.05) is 0 Å². The Kier molecular flexibility index (Phi) is 3.93. The first-order chi connectivity index (χ1) is 9.35. The first-order valence-corrected chi connectivity index (χ1v) is 6.28. The molecule has 0 unspecified atom stereocenters. The Bertz CT molecular complexity index is 604. The molecule has 1 heterocycles. The zero-order valence-corrected chi connectivity index (χ0v) is 11.0. The zero-order chi connectivity index (χ0) is 14.8. The molecule has 0 aliphatic carbocycles. The van der Waals surface area contributed by atoms with Gasteiger partial charge in [0, 0.05) is 16.3 Å². The predicted octanol–water partition coefficient (Wildman–Crippen LogP) is 3.69. The summed E-state index contributed by atoms with van der Waals surface area (Å²) in [6.07, 6.45) is 1.51. The molecule has 2 aromatic rings. The van der Waals surface area contributed by atoms with Crippen molar-refractivity contribution < 1.29 is 13.2 Å². The van der Waals surface area contributed by atoms with Gasteiger partial charge in [-0.25, -0.2) is 0 Å². The Morgan fingerprint density at radius 3 is 2.50 bits per heavy atom. The maximum absolute atomic E-state index is 12.2. The van der Waals surface area contributed by atoms with Gasteiger partial charge in [0.1, 0.15) is 5.82 Å². The minimum absolute atomic E-state index is 0.121. The van der Waals surface area contributed by atoms with Gasteiger partial charge in [-0.15, -0.1) is 0 Å². The molecule has 4 nitrogen and oxygen atoms in total. The number of aromatic amines is 1. The van der Waals surface area contributed by atoms with Gasteiger partial charge >= 0.3 is 5.51 Å². The monoisotopic (exact) mass is 300 g/mol. The summed E-state index contributed by atoms with van der Waals surface area (Å²) >= 11 is -0.157. The third kappa shape index (κ3) is 3.70. The van der Waals surface area contributed by atoms with Crippen molar-refractivity contribution in [2.24, 2.45) is 5.73 Å². The van der Waals surface area contributed by atoms with Crippen LogP contribution in [-0.4, -0.2) is 15.7 Å². The van der Waals surface area contributed by atoms with E-state index < -0.39 is 5.51 Å². The molecule has 2 rings (SSSR count). The summed E-state index contributed by atoms with van der Waals surface area (Å²) in [4.78, 5) is 0.121. The molecule has 0 spiro atoms. The number of nitrogens with one attached hydrogen (secondary N) is 2. The summed E-state index contributed by atoms with van der Waals surface area (Å²) in [7, 11) is 0. The molecule has 0 atom stereocenters. The highest BCUT2D eigenvalue weighted by Gasteiger charge is 2.28. The van der Waals surface area contributed by atoms with Crippen molar-refractivity contribution in [3.05, 3.63) is 42.6 Å². The quantitative estimate of drug-likeness (QED) is 0.753.